The van der Waals surface area contributed by atoms with E-state index in [9.17, 15) is 18.3 Å². The van der Waals surface area contributed by atoms with Gasteiger partial charge in [-0.05, 0) is 16.8 Å². The molecular weight excluding hydrogens is 255 g/mol. The normalized spacial score (nSPS) is 11.9. The monoisotopic (exact) mass is 269 g/mol. The third kappa shape index (κ3) is 3.61. The maximum absolute atomic E-state index is 12.0. The summed E-state index contributed by atoms with van der Waals surface area (Å²) in [7, 11) is 0. The Morgan fingerprint density at radius 2 is 1.79 bits per heavy atom. The molecule has 0 unspecified atom stereocenters. The van der Waals surface area contributed by atoms with Gasteiger partial charge < -0.3 is 10.4 Å². The molecule has 0 heterocycles. The zero-order valence-electron chi connectivity index (χ0n) is 10.2. The molecule has 2 nitrogen and oxygen atoms in total. The van der Waals surface area contributed by atoms with Crippen LogP contribution in [0.5, 0.6) is 5.75 Å². The molecule has 2 N–H and O–H groups in total. The number of fused-ring (bicyclic) bond motifs is 1. The molecule has 2 aromatic carbocycles. The SMILES string of the molecule is Oc1ccc2ccccc2c1CNCCC(F)(F)F. The Bertz CT molecular complexity index is 566. The Labute approximate surface area is 108 Å². The Morgan fingerprint density at radius 1 is 1.05 bits per heavy atom. The topological polar surface area (TPSA) is 32.3 Å². The second-order valence-electron chi connectivity index (χ2n) is 4.33. The minimum absolute atomic E-state index is 0.0956. The first-order valence-corrected chi connectivity index (χ1v) is 5.94. The summed E-state index contributed by atoms with van der Waals surface area (Å²) < 4.78 is 36.1. The molecule has 0 spiro atoms. The van der Waals surface area contributed by atoms with Crippen LogP contribution in [0.2, 0.25) is 0 Å². The van der Waals surface area contributed by atoms with Crippen molar-refractivity contribution >= 4 is 10.8 Å². The Hall–Kier alpha value is -1.75. The molecule has 0 radical (unpaired) electrons. The van der Waals surface area contributed by atoms with Gasteiger partial charge in [0.25, 0.3) is 0 Å². The maximum atomic E-state index is 12.0. The molecule has 0 saturated carbocycles. The van der Waals surface area contributed by atoms with Crippen molar-refractivity contribution in [3.8, 4) is 5.75 Å². The average Bonchev–Trinajstić information content (AvgIpc) is 2.35. The Kier molecular flexibility index (Phi) is 3.95. The van der Waals surface area contributed by atoms with Gasteiger partial charge >= 0.3 is 6.18 Å². The van der Waals surface area contributed by atoms with E-state index < -0.39 is 12.6 Å². The summed E-state index contributed by atoms with van der Waals surface area (Å²) in [4.78, 5) is 0. The summed E-state index contributed by atoms with van der Waals surface area (Å²) in [6, 6.07) is 10.8. The molecule has 0 bridgehead atoms. The van der Waals surface area contributed by atoms with Crippen LogP contribution >= 0.6 is 0 Å². The van der Waals surface area contributed by atoms with E-state index in [4.69, 9.17) is 0 Å². The molecule has 0 aliphatic rings. The van der Waals surface area contributed by atoms with Gasteiger partial charge in [0.2, 0.25) is 0 Å². The van der Waals surface area contributed by atoms with Crippen molar-refractivity contribution in [3.05, 3.63) is 42.0 Å². The lowest BCUT2D eigenvalue weighted by Crippen LogP contribution is -2.21. The predicted molar refractivity (Wildman–Crippen MR) is 68.0 cm³/mol. The Morgan fingerprint density at radius 3 is 2.53 bits per heavy atom. The minimum atomic E-state index is -4.16. The van der Waals surface area contributed by atoms with Gasteiger partial charge in [0, 0.05) is 18.7 Å². The first-order valence-electron chi connectivity index (χ1n) is 5.94. The highest BCUT2D eigenvalue weighted by molar-refractivity contribution is 5.87. The first kappa shape index (κ1) is 13.7. The standard InChI is InChI=1S/C14H14F3NO/c15-14(16,17)7-8-18-9-12-11-4-2-1-3-10(11)5-6-13(12)19/h1-6,18-19H,7-9H2. The summed E-state index contributed by atoms with van der Waals surface area (Å²) in [6.45, 7) is 0.0510. The molecular formula is C14H14F3NO. The van der Waals surface area contributed by atoms with E-state index in [-0.39, 0.29) is 18.8 Å². The van der Waals surface area contributed by atoms with Gasteiger partial charge in [-0.25, -0.2) is 0 Å². The van der Waals surface area contributed by atoms with Gasteiger partial charge in [-0.15, -0.1) is 0 Å². The molecule has 0 amide bonds. The highest BCUT2D eigenvalue weighted by Crippen LogP contribution is 2.27. The molecule has 2 aromatic rings. The molecule has 0 aromatic heterocycles. The summed E-state index contributed by atoms with van der Waals surface area (Å²) in [5, 5.41) is 14.3. The first-order chi connectivity index (χ1) is 8.97. The maximum Gasteiger partial charge on any atom is 0.390 e. The van der Waals surface area contributed by atoms with E-state index in [1.807, 2.05) is 24.3 Å². The van der Waals surface area contributed by atoms with Crippen molar-refractivity contribution in [1.29, 1.82) is 0 Å². The number of halogens is 3. The van der Waals surface area contributed by atoms with E-state index in [1.54, 1.807) is 12.1 Å². The number of hydrogen-bond donors (Lipinski definition) is 2. The molecule has 2 rings (SSSR count). The minimum Gasteiger partial charge on any atom is -0.508 e. The van der Waals surface area contributed by atoms with Crippen molar-refractivity contribution in [3.63, 3.8) is 0 Å². The van der Waals surface area contributed by atoms with Crippen LogP contribution in [0.15, 0.2) is 36.4 Å². The molecule has 0 aliphatic carbocycles. The summed E-state index contributed by atoms with van der Waals surface area (Å²) in [6.07, 6.45) is -5.04. The molecule has 0 saturated heterocycles. The lowest BCUT2D eigenvalue weighted by atomic mass is 10.0. The number of alkyl halides is 3. The second kappa shape index (κ2) is 5.48. The van der Waals surface area contributed by atoms with Crippen molar-refractivity contribution in [2.24, 2.45) is 0 Å². The van der Waals surface area contributed by atoms with Crippen molar-refractivity contribution in [1.82, 2.24) is 5.32 Å². The summed E-state index contributed by atoms with van der Waals surface area (Å²) in [5.41, 5.74) is 0.625. The predicted octanol–water partition coefficient (Wildman–Crippen LogP) is 3.59. The van der Waals surface area contributed by atoms with Crippen molar-refractivity contribution < 1.29 is 18.3 Å². The fourth-order valence-corrected chi connectivity index (χ4v) is 1.95. The van der Waals surface area contributed by atoms with Gasteiger partial charge in [0.05, 0.1) is 6.42 Å². The third-order valence-electron chi connectivity index (χ3n) is 2.90. The van der Waals surface area contributed by atoms with Gasteiger partial charge in [-0.3, -0.25) is 0 Å². The smallest absolute Gasteiger partial charge is 0.390 e. The van der Waals surface area contributed by atoms with E-state index in [0.29, 0.717) is 5.56 Å². The largest absolute Gasteiger partial charge is 0.508 e. The van der Waals surface area contributed by atoms with E-state index in [1.165, 1.54) is 0 Å². The highest BCUT2D eigenvalue weighted by Gasteiger charge is 2.25. The van der Waals surface area contributed by atoms with E-state index in [0.717, 1.165) is 10.8 Å². The van der Waals surface area contributed by atoms with Crippen LogP contribution in [-0.4, -0.2) is 17.8 Å². The number of hydrogen-bond acceptors (Lipinski definition) is 2. The van der Waals surface area contributed by atoms with Crippen LogP contribution in [0, 0.1) is 0 Å². The zero-order chi connectivity index (χ0) is 13.9. The van der Waals surface area contributed by atoms with Gasteiger partial charge in [0.1, 0.15) is 5.75 Å². The quantitative estimate of drug-likeness (QED) is 0.831. The molecule has 102 valence electrons. The number of phenolic OH excluding ortho intramolecular Hbond substituents is 1. The lowest BCUT2D eigenvalue weighted by molar-refractivity contribution is -0.133. The molecule has 5 heteroatoms. The van der Waals surface area contributed by atoms with Crippen LogP contribution in [0.1, 0.15) is 12.0 Å². The number of nitrogens with one attached hydrogen (secondary N) is 1. The van der Waals surface area contributed by atoms with Crippen LogP contribution in [0.25, 0.3) is 10.8 Å². The van der Waals surface area contributed by atoms with Crippen LogP contribution < -0.4 is 5.32 Å². The lowest BCUT2D eigenvalue weighted by Gasteiger charge is -2.11. The van der Waals surface area contributed by atoms with E-state index >= 15 is 0 Å². The van der Waals surface area contributed by atoms with Gasteiger partial charge in [-0.1, -0.05) is 30.3 Å². The summed E-state index contributed by atoms with van der Waals surface area (Å²) in [5.74, 6) is 0.0956. The van der Waals surface area contributed by atoms with Crippen LogP contribution in [0.4, 0.5) is 13.2 Å². The zero-order valence-corrected chi connectivity index (χ0v) is 10.2. The molecule has 0 aliphatic heterocycles. The van der Waals surface area contributed by atoms with Gasteiger partial charge in [-0.2, -0.15) is 13.2 Å². The molecule has 0 fully saturated rings. The highest BCUT2D eigenvalue weighted by atomic mass is 19.4. The fraction of sp³-hybridized carbons (Fsp3) is 0.286. The number of benzene rings is 2. The van der Waals surface area contributed by atoms with Crippen LogP contribution in [0.3, 0.4) is 0 Å². The molecule has 0 atom stereocenters. The van der Waals surface area contributed by atoms with Gasteiger partial charge in [0.15, 0.2) is 0 Å². The fourth-order valence-electron chi connectivity index (χ4n) is 1.95. The third-order valence-corrected chi connectivity index (χ3v) is 2.90. The van der Waals surface area contributed by atoms with Crippen LogP contribution in [-0.2, 0) is 6.54 Å². The summed E-state index contributed by atoms with van der Waals surface area (Å²) >= 11 is 0. The molecule has 19 heavy (non-hydrogen) atoms. The van der Waals surface area contributed by atoms with Crippen molar-refractivity contribution in [2.45, 2.75) is 19.1 Å². The van der Waals surface area contributed by atoms with E-state index in [2.05, 4.69) is 5.32 Å². The van der Waals surface area contributed by atoms with Crippen molar-refractivity contribution in [2.75, 3.05) is 6.54 Å². The average molecular weight is 269 g/mol. The number of phenols is 1. The number of aromatic hydroxyl groups is 1. The number of rotatable bonds is 4. The Balaban J connectivity index is 2.10. The second-order valence-corrected chi connectivity index (χ2v) is 4.33.